The second-order valence-electron chi connectivity index (χ2n) is 3.58. The second kappa shape index (κ2) is 4.65. The Balaban J connectivity index is 2.33. The first-order valence-electron chi connectivity index (χ1n) is 5.15. The van der Waals surface area contributed by atoms with E-state index in [1.165, 1.54) is 4.68 Å². The molecule has 0 aliphatic heterocycles. The number of nitrogens with one attached hydrogen (secondary N) is 1. The van der Waals surface area contributed by atoms with Crippen LogP contribution in [0.2, 0.25) is 0 Å². The van der Waals surface area contributed by atoms with Crippen molar-refractivity contribution in [1.29, 1.82) is 0 Å². The molecular formula is C11H13N5O. The number of nitrogens with zero attached hydrogens (tertiary/aromatic N) is 3. The van der Waals surface area contributed by atoms with Crippen LogP contribution in [0.5, 0.6) is 0 Å². The Kier molecular flexibility index (Phi) is 3.04. The highest BCUT2D eigenvalue weighted by molar-refractivity contribution is 5.76. The monoisotopic (exact) mass is 231 g/mol. The Hall–Kier alpha value is -2.37. The number of anilines is 1. The third kappa shape index (κ3) is 2.41. The number of carbonyl (C=O) groups is 1. The maximum absolute atomic E-state index is 11.3. The summed E-state index contributed by atoms with van der Waals surface area (Å²) in [5, 5.41) is 10.2. The molecule has 0 aliphatic carbocycles. The van der Waals surface area contributed by atoms with E-state index in [1.54, 1.807) is 19.3 Å². The maximum Gasteiger partial charge on any atom is 0.241 e. The number of nitrogens with two attached hydrogens (primary N) is 1. The van der Waals surface area contributed by atoms with Crippen LogP contribution in [-0.2, 0) is 11.3 Å². The van der Waals surface area contributed by atoms with Gasteiger partial charge in [-0.15, -0.1) is 5.10 Å². The number of benzene rings is 1. The Bertz CT molecular complexity index is 534. The van der Waals surface area contributed by atoms with Gasteiger partial charge in [0.1, 0.15) is 6.54 Å². The van der Waals surface area contributed by atoms with E-state index in [0.29, 0.717) is 5.69 Å². The molecule has 0 aliphatic rings. The molecule has 1 amide bonds. The number of carbonyl (C=O) groups excluding carboxylic acids is 1. The Morgan fingerprint density at radius 2 is 2.35 bits per heavy atom. The van der Waals surface area contributed by atoms with Gasteiger partial charge in [0.05, 0.1) is 11.9 Å². The normalized spacial score (nSPS) is 10.2. The molecule has 1 aromatic carbocycles. The second-order valence-corrected chi connectivity index (χ2v) is 3.58. The lowest BCUT2D eigenvalue weighted by Gasteiger charge is -2.05. The number of aromatic nitrogens is 3. The fourth-order valence-corrected chi connectivity index (χ4v) is 1.51. The summed E-state index contributed by atoms with van der Waals surface area (Å²) in [5.74, 6) is -0.124. The lowest BCUT2D eigenvalue weighted by atomic mass is 10.1. The predicted octanol–water partition coefficient (Wildman–Crippen LogP) is 0.273. The molecule has 17 heavy (non-hydrogen) atoms. The molecule has 0 bridgehead atoms. The zero-order valence-corrected chi connectivity index (χ0v) is 9.42. The van der Waals surface area contributed by atoms with E-state index in [2.05, 4.69) is 15.6 Å². The van der Waals surface area contributed by atoms with Gasteiger partial charge in [-0.1, -0.05) is 17.3 Å². The van der Waals surface area contributed by atoms with Gasteiger partial charge in [0.2, 0.25) is 5.91 Å². The van der Waals surface area contributed by atoms with Gasteiger partial charge in [-0.3, -0.25) is 4.79 Å². The molecule has 0 spiro atoms. The van der Waals surface area contributed by atoms with E-state index < -0.39 is 0 Å². The predicted molar refractivity (Wildman–Crippen MR) is 63.9 cm³/mol. The van der Waals surface area contributed by atoms with Gasteiger partial charge in [-0.05, 0) is 12.1 Å². The molecule has 6 nitrogen and oxygen atoms in total. The van der Waals surface area contributed by atoms with Crippen LogP contribution < -0.4 is 11.1 Å². The van der Waals surface area contributed by atoms with Gasteiger partial charge in [0.15, 0.2) is 0 Å². The third-order valence-electron chi connectivity index (χ3n) is 2.37. The summed E-state index contributed by atoms with van der Waals surface area (Å²) >= 11 is 0. The Morgan fingerprint density at radius 3 is 3.06 bits per heavy atom. The highest BCUT2D eigenvalue weighted by atomic mass is 16.1. The van der Waals surface area contributed by atoms with Gasteiger partial charge in [0.25, 0.3) is 0 Å². The van der Waals surface area contributed by atoms with E-state index in [4.69, 9.17) is 5.73 Å². The smallest absolute Gasteiger partial charge is 0.241 e. The average Bonchev–Trinajstić information content (AvgIpc) is 2.77. The Labute approximate surface area is 98.4 Å². The van der Waals surface area contributed by atoms with E-state index >= 15 is 0 Å². The zero-order chi connectivity index (χ0) is 12.3. The molecule has 1 heterocycles. The topological polar surface area (TPSA) is 85.8 Å². The quantitative estimate of drug-likeness (QED) is 0.742. The van der Waals surface area contributed by atoms with Gasteiger partial charge in [-0.2, -0.15) is 0 Å². The van der Waals surface area contributed by atoms with Crippen molar-refractivity contribution >= 4 is 11.6 Å². The molecule has 0 saturated carbocycles. The first-order chi connectivity index (χ1) is 8.20. The van der Waals surface area contributed by atoms with E-state index in [1.807, 2.05) is 18.2 Å². The van der Waals surface area contributed by atoms with Crippen LogP contribution in [0.15, 0.2) is 30.5 Å². The number of rotatable bonds is 3. The van der Waals surface area contributed by atoms with Crippen LogP contribution in [0, 0.1) is 0 Å². The minimum absolute atomic E-state index is 0.124. The van der Waals surface area contributed by atoms with Crippen LogP contribution in [0.1, 0.15) is 0 Å². The number of amides is 1. The summed E-state index contributed by atoms with van der Waals surface area (Å²) in [6, 6.07) is 7.37. The largest absolute Gasteiger partial charge is 0.399 e. The molecule has 1 aromatic heterocycles. The van der Waals surface area contributed by atoms with Crippen molar-refractivity contribution in [3.63, 3.8) is 0 Å². The van der Waals surface area contributed by atoms with E-state index in [-0.39, 0.29) is 12.5 Å². The molecular weight excluding hydrogens is 218 g/mol. The molecule has 0 radical (unpaired) electrons. The van der Waals surface area contributed by atoms with Gasteiger partial charge >= 0.3 is 0 Å². The lowest BCUT2D eigenvalue weighted by Crippen LogP contribution is -2.24. The van der Waals surface area contributed by atoms with Crippen LogP contribution in [0.3, 0.4) is 0 Å². The first-order valence-corrected chi connectivity index (χ1v) is 5.15. The van der Waals surface area contributed by atoms with Gasteiger partial charge in [0, 0.05) is 18.3 Å². The molecule has 0 unspecified atom stereocenters. The average molecular weight is 231 g/mol. The minimum Gasteiger partial charge on any atom is -0.399 e. The summed E-state index contributed by atoms with van der Waals surface area (Å²) < 4.78 is 1.54. The number of likely N-dealkylation sites (N-methyl/N-ethyl adjacent to an activating group) is 1. The molecule has 0 fully saturated rings. The number of nitrogen functional groups attached to an aromatic ring is 1. The number of hydrogen-bond donors (Lipinski definition) is 2. The zero-order valence-electron chi connectivity index (χ0n) is 9.42. The van der Waals surface area contributed by atoms with Crippen LogP contribution in [-0.4, -0.2) is 27.9 Å². The minimum atomic E-state index is -0.124. The van der Waals surface area contributed by atoms with Crippen molar-refractivity contribution in [3.05, 3.63) is 30.5 Å². The van der Waals surface area contributed by atoms with Gasteiger partial charge in [-0.25, -0.2) is 4.68 Å². The van der Waals surface area contributed by atoms with Crippen molar-refractivity contribution in [2.24, 2.45) is 0 Å². The number of hydrogen-bond acceptors (Lipinski definition) is 4. The highest BCUT2D eigenvalue weighted by Gasteiger charge is 2.09. The van der Waals surface area contributed by atoms with Crippen molar-refractivity contribution in [3.8, 4) is 11.3 Å². The molecule has 3 N–H and O–H groups in total. The highest BCUT2D eigenvalue weighted by Crippen LogP contribution is 2.19. The Morgan fingerprint density at radius 1 is 1.53 bits per heavy atom. The maximum atomic E-state index is 11.3. The summed E-state index contributed by atoms with van der Waals surface area (Å²) in [6.45, 7) is 0.140. The third-order valence-corrected chi connectivity index (χ3v) is 2.37. The molecule has 0 atom stereocenters. The molecule has 2 aromatic rings. The first kappa shape index (κ1) is 11.1. The van der Waals surface area contributed by atoms with Crippen molar-refractivity contribution in [2.75, 3.05) is 12.8 Å². The standard InChI is InChI=1S/C11H13N5O/c1-13-11(17)7-16-10(6-14-15-16)8-3-2-4-9(12)5-8/h2-6H,7,12H2,1H3,(H,13,17). The summed E-state index contributed by atoms with van der Waals surface area (Å²) in [4.78, 5) is 11.3. The molecule has 0 saturated heterocycles. The molecule has 2 rings (SSSR count). The molecule has 88 valence electrons. The van der Waals surface area contributed by atoms with Gasteiger partial charge < -0.3 is 11.1 Å². The fourth-order valence-electron chi connectivity index (χ4n) is 1.51. The van der Waals surface area contributed by atoms with E-state index in [9.17, 15) is 4.79 Å². The lowest BCUT2D eigenvalue weighted by molar-refractivity contribution is -0.121. The van der Waals surface area contributed by atoms with Crippen molar-refractivity contribution < 1.29 is 4.79 Å². The van der Waals surface area contributed by atoms with E-state index in [0.717, 1.165) is 11.3 Å². The van der Waals surface area contributed by atoms with Crippen LogP contribution >= 0.6 is 0 Å². The SMILES string of the molecule is CNC(=O)Cn1nncc1-c1cccc(N)c1. The van der Waals surface area contributed by atoms with Crippen LogP contribution in [0.4, 0.5) is 5.69 Å². The van der Waals surface area contributed by atoms with Crippen molar-refractivity contribution in [2.45, 2.75) is 6.54 Å². The molecule has 6 heteroatoms. The summed E-state index contributed by atoms with van der Waals surface area (Å²) in [6.07, 6.45) is 1.61. The summed E-state index contributed by atoms with van der Waals surface area (Å²) in [7, 11) is 1.58. The van der Waals surface area contributed by atoms with Crippen LogP contribution in [0.25, 0.3) is 11.3 Å². The fraction of sp³-hybridized carbons (Fsp3) is 0.182. The van der Waals surface area contributed by atoms with Crippen molar-refractivity contribution in [1.82, 2.24) is 20.3 Å². The summed E-state index contributed by atoms with van der Waals surface area (Å²) in [5.41, 5.74) is 8.03.